The predicted octanol–water partition coefficient (Wildman–Crippen LogP) is 5.23. The number of halogens is 1. The van der Waals surface area contributed by atoms with Gasteiger partial charge >= 0.3 is 6.03 Å². The Hall–Kier alpha value is -3.68. The second kappa shape index (κ2) is 12.5. The van der Waals surface area contributed by atoms with Gasteiger partial charge < -0.3 is 15.5 Å². The van der Waals surface area contributed by atoms with Crippen molar-refractivity contribution in [2.24, 2.45) is 0 Å². The summed E-state index contributed by atoms with van der Waals surface area (Å²) < 4.78 is 15.0. The third-order valence-corrected chi connectivity index (χ3v) is 5.33. The molecule has 0 aliphatic carbocycles. The van der Waals surface area contributed by atoms with E-state index < -0.39 is 0 Å². The van der Waals surface area contributed by atoms with Crippen molar-refractivity contribution in [2.75, 3.05) is 25.0 Å². The molecule has 0 fully saturated rings. The van der Waals surface area contributed by atoms with Gasteiger partial charge in [0.25, 0.3) is 0 Å². The summed E-state index contributed by atoms with van der Waals surface area (Å²) in [5, 5.41) is 10.4. The number of hydrogen-bond acceptors (Lipinski definition) is 3. The summed E-state index contributed by atoms with van der Waals surface area (Å²) in [6.07, 6.45) is 3.59. The fraction of sp³-hybridized carbons (Fsp3) is 0.346. The SMILES string of the molecule is CCCCNC(=O)N(CCCC)CC(=O)Nc1cc(-c2ccccc2)nn1-c1ccc(F)cc1. The van der Waals surface area contributed by atoms with E-state index in [2.05, 4.69) is 22.7 Å². The highest BCUT2D eigenvalue weighted by Crippen LogP contribution is 2.25. The minimum atomic E-state index is -0.356. The van der Waals surface area contributed by atoms with E-state index in [0.717, 1.165) is 31.2 Å². The molecule has 0 aliphatic rings. The largest absolute Gasteiger partial charge is 0.338 e. The van der Waals surface area contributed by atoms with Crippen LogP contribution in [0.4, 0.5) is 15.0 Å². The maximum Gasteiger partial charge on any atom is 0.317 e. The van der Waals surface area contributed by atoms with Gasteiger partial charge in [0.1, 0.15) is 18.2 Å². The van der Waals surface area contributed by atoms with E-state index in [4.69, 9.17) is 0 Å². The molecule has 1 aromatic heterocycles. The average Bonchev–Trinajstić information content (AvgIpc) is 3.26. The number of nitrogens with one attached hydrogen (secondary N) is 2. The zero-order valence-electron chi connectivity index (χ0n) is 19.8. The minimum absolute atomic E-state index is 0.0762. The molecule has 0 bridgehead atoms. The number of carbonyl (C=O) groups excluding carboxylic acids is 2. The molecule has 3 aromatic rings. The summed E-state index contributed by atoms with van der Waals surface area (Å²) in [5.41, 5.74) is 2.16. The van der Waals surface area contributed by atoms with E-state index in [1.165, 1.54) is 17.0 Å². The summed E-state index contributed by atoms with van der Waals surface area (Å²) >= 11 is 0. The number of amides is 3. The highest BCUT2D eigenvalue weighted by Gasteiger charge is 2.19. The number of hydrogen-bond donors (Lipinski definition) is 2. The maximum atomic E-state index is 13.5. The highest BCUT2D eigenvalue weighted by atomic mass is 19.1. The molecule has 2 N–H and O–H groups in total. The molecule has 0 unspecified atom stereocenters. The van der Waals surface area contributed by atoms with Gasteiger partial charge in [0, 0.05) is 24.7 Å². The number of unbranched alkanes of at least 4 members (excludes halogenated alkanes) is 2. The molecule has 3 amide bonds. The Balaban J connectivity index is 1.81. The van der Waals surface area contributed by atoms with Crippen LogP contribution in [0.3, 0.4) is 0 Å². The monoisotopic (exact) mass is 465 g/mol. The molecule has 8 heteroatoms. The van der Waals surface area contributed by atoms with Crippen LogP contribution in [-0.4, -0.2) is 46.3 Å². The van der Waals surface area contributed by atoms with Crippen molar-refractivity contribution >= 4 is 17.8 Å². The molecule has 0 aliphatic heterocycles. The van der Waals surface area contributed by atoms with Crippen molar-refractivity contribution < 1.29 is 14.0 Å². The van der Waals surface area contributed by atoms with Gasteiger partial charge in [-0.1, -0.05) is 57.0 Å². The normalized spacial score (nSPS) is 10.7. The van der Waals surface area contributed by atoms with Gasteiger partial charge in [-0.25, -0.2) is 13.9 Å². The molecule has 180 valence electrons. The van der Waals surface area contributed by atoms with Crippen LogP contribution in [0.5, 0.6) is 0 Å². The van der Waals surface area contributed by atoms with E-state index in [0.29, 0.717) is 30.3 Å². The second-order valence-electron chi connectivity index (χ2n) is 8.08. The van der Waals surface area contributed by atoms with Crippen LogP contribution in [0.1, 0.15) is 39.5 Å². The number of urea groups is 1. The predicted molar refractivity (Wildman–Crippen MR) is 132 cm³/mol. The van der Waals surface area contributed by atoms with E-state index in [1.54, 1.807) is 22.9 Å². The van der Waals surface area contributed by atoms with Crippen molar-refractivity contribution in [3.63, 3.8) is 0 Å². The van der Waals surface area contributed by atoms with Gasteiger partial charge in [-0.2, -0.15) is 5.10 Å². The minimum Gasteiger partial charge on any atom is -0.338 e. The first-order valence-electron chi connectivity index (χ1n) is 11.8. The first kappa shape index (κ1) is 25.0. The molecule has 1 heterocycles. The lowest BCUT2D eigenvalue weighted by Gasteiger charge is -2.22. The summed E-state index contributed by atoms with van der Waals surface area (Å²) in [7, 11) is 0. The standard InChI is InChI=1S/C26H32FN5O2/c1-3-5-16-28-26(34)31(17-6-4-2)19-25(33)29-24-18-23(20-10-8-7-9-11-20)30-32(24)22-14-12-21(27)13-15-22/h7-15,18H,3-6,16-17,19H2,1-2H3,(H,28,34)(H,29,33). The number of benzene rings is 2. The first-order valence-corrected chi connectivity index (χ1v) is 11.8. The van der Waals surface area contributed by atoms with Crippen molar-refractivity contribution in [1.29, 1.82) is 0 Å². The average molecular weight is 466 g/mol. The highest BCUT2D eigenvalue weighted by molar-refractivity contribution is 5.94. The smallest absolute Gasteiger partial charge is 0.317 e. The van der Waals surface area contributed by atoms with Gasteiger partial charge in [0.05, 0.1) is 11.4 Å². The van der Waals surface area contributed by atoms with Crippen LogP contribution >= 0.6 is 0 Å². The molecule has 3 rings (SSSR count). The van der Waals surface area contributed by atoms with Crippen molar-refractivity contribution in [3.05, 3.63) is 66.5 Å². The van der Waals surface area contributed by atoms with Gasteiger partial charge in [-0.05, 0) is 37.1 Å². The Morgan fingerprint density at radius 3 is 2.38 bits per heavy atom. The number of anilines is 1. The Morgan fingerprint density at radius 1 is 1.00 bits per heavy atom. The lowest BCUT2D eigenvalue weighted by molar-refractivity contribution is -0.116. The molecular formula is C26H32FN5O2. The number of nitrogens with zero attached hydrogens (tertiary/aromatic N) is 3. The van der Waals surface area contributed by atoms with Crippen LogP contribution in [0, 0.1) is 5.82 Å². The van der Waals surface area contributed by atoms with Crippen LogP contribution in [-0.2, 0) is 4.79 Å². The number of carbonyl (C=O) groups is 2. The van der Waals surface area contributed by atoms with Crippen molar-refractivity contribution in [2.45, 2.75) is 39.5 Å². The van der Waals surface area contributed by atoms with Gasteiger partial charge in [-0.15, -0.1) is 0 Å². The Labute approximate surface area is 200 Å². The van der Waals surface area contributed by atoms with Crippen LogP contribution in [0.2, 0.25) is 0 Å². The maximum absolute atomic E-state index is 13.5. The molecule has 34 heavy (non-hydrogen) atoms. The molecule has 2 aromatic carbocycles. The molecule has 0 saturated carbocycles. The summed E-state index contributed by atoms with van der Waals surface area (Å²) in [5.74, 6) is -0.243. The van der Waals surface area contributed by atoms with Gasteiger partial charge in [0.2, 0.25) is 5.91 Å². The quantitative estimate of drug-likeness (QED) is 0.381. The molecule has 7 nitrogen and oxygen atoms in total. The van der Waals surface area contributed by atoms with Crippen LogP contribution in [0.15, 0.2) is 60.7 Å². The van der Waals surface area contributed by atoms with Crippen molar-refractivity contribution in [3.8, 4) is 16.9 Å². The van der Waals surface area contributed by atoms with Gasteiger partial charge in [-0.3, -0.25) is 4.79 Å². The molecule has 0 radical (unpaired) electrons. The molecule has 0 atom stereocenters. The van der Waals surface area contributed by atoms with E-state index in [-0.39, 0.29) is 24.3 Å². The van der Waals surface area contributed by atoms with E-state index in [9.17, 15) is 14.0 Å². The fourth-order valence-electron chi connectivity index (χ4n) is 3.44. The third-order valence-electron chi connectivity index (χ3n) is 5.33. The zero-order valence-corrected chi connectivity index (χ0v) is 19.8. The Kier molecular flexibility index (Phi) is 9.20. The van der Waals surface area contributed by atoms with Crippen LogP contribution in [0.25, 0.3) is 16.9 Å². The van der Waals surface area contributed by atoms with Crippen LogP contribution < -0.4 is 10.6 Å². The fourth-order valence-corrected chi connectivity index (χ4v) is 3.44. The van der Waals surface area contributed by atoms with Crippen molar-refractivity contribution in [1.82, 2.24) is 20.0 Å². The zero-order chi connectivity index (χ0) is 24.3. The van der Waals surface area contributed by atoms with E-state index in [1.807, 2.05) is 37.3 Å². The van der Waals surface area contributed by atoms with Gasteiger partial charge in [0.15, 0.2) is 0 Å². The molecular weight excluding hydrogens is 433 g/mol. The molecule has 0 saturated heterocycles. The summed E-state index contributed by atoms with van der Waals surface area (Å²) in [6.45, 7) is 5.10. The lowest BCUT2D eigenvalue weighted by atomic mass is 10.1. The summed E-state index contributed by atoms with van der Waals surface area (Å²) in [4.78, 5) is 27.1. The second-order valence-corrected chi connectivity index (χ2v) is 8.08. The number of rotatable bonds is 11. The first-order chi connectivity index (χ1) is 16.5. The number of aromatic nitrogens is 2. The summed E-state index contributed by atoms with van der Waals surface area (Å²) in [6, 6.07) is 17.0. The Morgan fingerprint density at radius 2 is 1.71 bits per heavy atom. The third kappa shape index (κ3) is 6.91. The topological polar surface area (TPSA) is 79.3 Å². The lowest BCUT2D eigenvalue weighted by Crippen LogP contribution is -2.44. The van der Waals surface area contributed by atoms with E-state index >= 15 is 0 Å². The molecule has 0 spiro atoms. The Bertz CT molecular complexity index is 1070.